The van der Waals surface area contributed by atoms with Crippen LogP contribution in [-0.4, -0.2) is 18.4 Å². The van der Waals surface area contributed by atoms with E-state index in [0.717, 1.165) is 12.0 Å². The fourth-order valence-electron chi connectivity index (χ4n) is 2.41. The summed E-state index contributed by atoms with van der Waals surface area (Å²) in [5.74, 6) is -0.442. The Morgan fingerprint density at radius 1 is 1.37 bits per heavy atom. The number of ketones is 1. The summed E-state index contributed by atoms with van der Waals surface area (Å²) in [6.45, 7) is 2.05. The number of hydrogen-bond donors (Lipinski definition) is 0. The third-order valence-corrected chi connectivity index (χ3v) is 3.47. The number of rotatable bonds is 4. The molecule has 1 fully saturated rings. The molecule has 0 bridgehead atoms. The van der Waals surface area contributed by atoms with Crippen molar-refractivity contribution >= 4 is 17.8 Å². The molecule has 1 aliphatic carbocycles. The van der Waals surface area contributed by atoms with E-state index in [9.17, 15) is 9.59 Å². The Morgan fingerprint density at radius 3 is 2.68 bits per heavy atom. The first-order valence-corrected chi connectivity index (χ1v) is 6.64. The molecule has 1 aliphatic rings. The zero-order chi connectivity index (χ0) is 13.7. The van der Waals surface area contributed by atoms with Gasteiger partial charge in [-0.3, -0.25) is 9.59 Å². The Balaban J connectivity index is 2.27. The van der Waals surface area contributed by atoms with Gasteiger partial charge in [-0.15, -0.1) is 0 Å². The van der Waals surface area contributed by atoms with Crippen molar-refractivity contribution in [2.45, 2.75) is 26.2 Å². The minimum Gasteiger partial charge on any atom is -0.465 e. The minimum atomic E-state index is -1.06. The highest BCUT2D eigenvalue weighted by Gasteiger charge is 2.47. The van der Waals surface area contributed by atoms with E-state index in [0.29, 0.717) is 19.4 Å². The summed E-state index contributed by atoms with van der Waals surface area (Å²) in [6.07, 6.45) is 5.30. The van der Waals surface area contributed by atoms with E-state index < -0.39 is 11.4 Å². The number of esters is 1. The Kier molecular flexibility index (Phi) is 4.15. The number of hydrogen-bond acceptors (Lipinski definition) is 3. The summed E-state index contributed by atoms with van der Waals surface area (Å²) >= 11 is 0. The molecule has 2 rings (SSSR count). The average molecular weight is 258 g/mol. The first-order chi connectivity index (χ1) is 9.19. The smallest absolute Gasteiger partial charge is 0.323 e. The van der Waals surface area contributed by atoms with Crippen LogP contribution in [0.5, 0.6) is 0 Å². The Labute approximate surface area is 113 Å². The van der Waals surface area contributed by atoms with Crippen LogP contribution in [0.2, 0.25) is 0 Å². The van der Waals surface area contributed by atoms with Crippen LogP contribution >= 0.6 is 0 Å². The molecule has 0 aromatic heterocycles. The summed E-state index contributed by atoms with van der Waals surface area (Å²) in [7, 11) is 0. The number of carbonyl (C=O) groups is 2. The molecule has 19 heavy (non-hydrogen) atoms. The van der Waals surface area contributed by atoms with Gasteiger partial charge in [0.15, 0.2) is 5.78 Å². The molecular weight excluding hydrogens is 240 g/mol. The van der Waals surface area contributed by atoms with Crippen molar-refractivity contribution in [3.63, 3.8) is 0 Å². The summed E-state index contributed by atoms with van der Waals surface area (Å²) in [5.41, 5.74) is -0.0860. The fourth-order valence-corrected chi connectivity index (χ4v) is 2.41. The number of Topliss-reactive ketones (excluding diaryl/α,β-unsaturated/α-hetero) is 1. The molecule has 1 aromatic rings. The first kappa shape index (κ1) is 13.5. The lowest BCUT2D eigenvalue weighted by Crippen LogP contribution is -2.35. The van der Waals surface area contributed by atoms with Gasteiger partial charge in [-0.2, -0.15) is 0 Å². The number of benzene rings is 1. The molecule has 0 radical (unpaired) electrons. The zero-order valence-corrected chi connectivity index (χ0v) is 11.1. The van der Waals surface area contributed by atoms with Gasteiger partial charge in [0, 0.05) is 6.42 Å². The Morgan fingerprint density at radius 2 is 2.11 bits per heavy atom. The van der Waals surface area contributed by atoms with Crippen LogP contribution < -0.4 is 0 Å². The summed E-state index contributed by atoms with van der Waals surface area (Å²) in [5, 5.41) is 0. The molecule has 0 aliphatic heterocycles. The second-order valence-corrected chi connectivity index (χ2v) is 4.71. The van der Waals surface area contributed by atoms with Crippen LogP contribution in [0.3, 0.4) is 0 Å². The van der Waals surface area contributed by atoms with Gasteiger partial charge < -0.3 is 4.74 Å². The lowest BCUT2D eigenvalue weighted by atomic mass is 9.84. The second kappa shape index (κ2) is 5.83. The Bertz CT molecular complexity index is 490. The van der Waals surface area contributed by atoms with Crippen molar-refractivity contribution < 1.29 is 14.3 Å². The van der Waals surface area contributed by atoms with E-state index in [1.165, 1.54) is 0 Å². The van der Waals surface area contributed by atoms with Crippen molar-refractivity contribution in [2.24, 2.45) is 5.41 Å². The van der Waals surface area contributed by atoms with Gasteiger partial charge in [-0.25, -0.2) is 0 Å². The lowest BCUT2D eigenvalue weighted by molar-refractivity contribution is -0.155. The maximum absolute atomic E-state index is 12.1. The van der Waals surface area contributed by atoms with E-state index in [1.807, 2.05) is 36.4 Å². The number of carbonyl (C=O) groups excluding carboxylic acids is 2. The fraction of sp³-hybridized carbons (Fsp3) is 0.375. The highest BCUT2D eigenvalue weighted by atomic mass is 16.5. The van der Waals surface area contributed by atoms with Crippen molar-refractivity contribution in [1.82, 2.24) is 0 Å². The predicted molar refractivity (Wildman–Crippen MR) is 73.4 cm³/mol. The molecule has 0 spiro atoms. The standard InChI is InChI=1S/C16H18O3/c1-2-19-15(18)16(11-6-9-14(16)17)12-10-13-7-4-3-5-8-13/h3-5,7-8,10,12H,2,6,9,11H2,1H3. The van der Waals surface area contributed by atoms with E-state index in [1.54, 1.807) is 13.0 Å². The number of ether oxygens (including phenoxy) is 1. The minimum absolute atomic E-state index is 0.0295. The van der Waals surface area contributed by atoms with Gasteiger partial charge in [-0.1, -0.05) is 42.5 Å². The molecule has 1 unspecified atom stereocenters. The Hall–Kier alpha value is -1.90. The highest BCUT2D eigenvalue weighted by Crippen LogP contribution is 2.38. The van der Waals surface area contributed by atoms with Gasteiger partial charge >= 0.3 is 5.97 Å². The van der Waals surface area contributed by atoms with Crippen molar-refractivity contribution in [2.75, 3.05) is 6.61 Å². The second-order valence-electron chi connectivity index (χ2n) is 4.71. The van der Waals surface area contributed by atoms with Gasteiger partial charge in [0.1, 0.15) is 5.41 Å². The lowest BCUT2D eigenvalue weighted by Gasteiger charge is -2.20. The van der Waals surface area contributed by atoms with E-state index in [-0.39, 0.29) is 5.78 Å². The zero-order valence-electron chi connectivity index (χ0n) is 11.1. The van der Waals surface area contributed by atoms with Gasteiger partial charge in [0.25, 0.3) is 0 Å². The van der Waals surface area contributed by atoms with Crippen LogP contribution in [0.25, 0.3) is 6.08 Å². The van der Waals surface area contributed by atoms with Crippen molar-refractivity contribution in [1.29, 1.82) is 0 Å². The van der Waals surface area contributed by atoms with E-state index in [2.05, 4.69) is 0 Å². The third kappa shape index (κ3) is 2.75. The molecule has 0 heterocycles. The molecule has 1 saturated carbocycles. The van der Waals surface area contributed by atoms with Gasteiger partial charge in [0.2, 0.25) is 0 Å². The van der Waals surface area contributed by atoms with Gasteiger partial charge in [0.05, 0.1) is 6.61 Å². The van der Waals surface area contributed by atoms with Crippen molar-refractivity contribution in [3.8, 4) is 0 Å². The molecule has 3 heteroatoms. The molecule has 0 N–H and O–H groups in total. The summed E-state index contributed by atoms with van der Waals surface area (Å²) < 4.78 is 5.08. The van der Waals surface area contributed by atoms with E-state index >= 15 is 0 Å². The van der Waals surface area contributed by atoms with Crippen LogP contribution in [0.15, 0.2) is 36.4 Å². The summed E-state index contributed by atoms with van der Waals surface area (Å²) in [6, 6.07) is 9.66. The third-order valence-electron chi connectivity index (χ3n) is 3.47. The maximum atomic E-state index is 12.1. The molecule has 0 amide bonds. The summed E-state index contributed by atoms with van der Waals surface area (Å²) in [4.78, 5) is 24.2. The topological polar surface area (TPSA) is 43.4 Å². The molecule has 1 aromatic carbocycles. The molecule has 100 valence electrons. The van der Waals surface area contributed by atoms with Crippen LogP contribution in [0.1, 0.15) is 31.7 Å². The predicted octanol–water partition coefficient (Wildman–Crippen LogP) is 3.00. The molecular formula is C16H18O3. The molecule has 1 atom stereocenters. The van der Waals surface area contributed by atoms with Gasteiger partial charge in [-0.05, 0) is 25.3 Å². The van der Waals surface area contributed by atoms with Crippen LogP contribution in [0, 0.1) is 5.41 Å². The normalized spacial score (nSPS) is 22.9. The molecule has 0 saturated heterocycles. The van der Waals surface area contributed by atoms with Crippen LogP contribution in [0.4, 0.5) is 0 Å². The van der Waals surface area contributed by atoms with Crippen LogP contribution in [-0.2, 0) is 14.3 Å². The maximum Gasteiger partial charge on any atom is 0.323 e. The van der Waals surface area contributed by atoms with E-state index in [4.69, 9.17) is 4.74 Å². The SMILES string of the molecule is CCOC(=O)C1(C=Cc2ccccc2)CCCC1=O. The quantitative estimate of drug-likeness (QED) is 0.616. The first-order valence-electron chi connectivity index (χ1n) is 6.64. The molecule has 3 nitrogen and oxygen atoms in total. The average Bonchev–Trinajstić information content (AvgIpc) is 2.80. The largest absolute Gasteiger partial charge is 0.465 e. The highest BCUT2D eigenvalue weighted by molar-refractivity contribution is 6.07. The van der Waals surface area contributed by atoms with Crippen molar-refractivity contribution in [3.05, 3.63) is 42.0 Å². The monoisotopic (exact) mass is 258 g/mol.